The summed E-state index contributed by atoms with van der Waals surface area (Å²) in [7, 11) is 0. The summed E-state index contributed by atoms with van der Waals surface area (Å²) in [6.45, 7) is 0.608. The first kappa shape index (κ1) is 11.8. The van der Waals surface area contributed by atoms with Crippen LogP contribution in [0, 0.1) is 0 Å². The molecule has 1 heterocycles. The summed E-state index contributed by atoms with van der Waals surface area (Å²) in [6, 6.07) is 15.7. The van der Waals surface area contributed by atoms with Crippen LogP contribution in [-0.2, 0) is 17.6 Å². The molecule has 3 heteroatoms. The molecule has 0 aliphatic carbocycles. The van der Waals surface area contributed by atoms with Crippen LogP contribution in [0.5, 0.6) is 11.5 Å². The molecule has 0 atom stereocenters. The maximum Gasteiger partial charge on any atom is 0.315 e. The fourth-order valence-corrected chi connectivity index (χ4v) is 2.11. The van der Waals surface area contributed by atoms with Crippen LogP contribution in [0.2, 0.25) is 0 Å². The Morgan fingerprint density at radius 2 is 1.95 bits per heavy atom. The minimum Gasteiger partial charge on any atom is -0.493 e. The minimum atomic E-state index is -0.198. The first-order valence-electron chi connectivity index (χ1n) is 6.31. The third kappa shape index (κ3) is 2.76. The first-order chi connectivity index (χ1) is 9.31. The van der Waals surface area contributed by atoms with Gasteiger partial charge in [0, 0.05) is 18.1 Å². The average Bonchev–Trinajstić information content (AvgIpc) is 2.79. The van der Waals surface area contributed by atoms with E-state index in [1.165, 1.54) is 5.56 Å². The smallest absolute Gasteiger partial charge is 0.315 e. The van der Waals surface area contributed by atoms with E-state index in [0.29, 0.717) is 18.8 Å². The lowest BCUT2D eigenvalue weighted by atomic mass is 10.1. The van der Waals surface area contributed by atoms with Gasteiger partial charge in [-0.2, -0.15) is 0 Å². The SMILES string of the molecule is O=C1Cc2ccc(OCCc3ccccc3)cc2O1. The Bertz CT molecular complexity index is 590. The molecular weight excluding hydrogens is 240 g/mol. The third-order valence-corrected chi connectivity index (χ3v) is 3.10. The quantitative estimate of drug-likeness (QED) is 0.621. The van der Waals surface area contributed by atoms with E-state index < -0.39 is 0 Å². The van der Waals surface area contributed by atoms with E-state index in [0.717, 1.165) is 17.7 Å². The predicted octanol–water partition coefficient (Wildman–Crippen LogP) is 2.77. The highest BCUT2D eigenvalue weighted by molar-refractivity contribution is 5.81. The number of carbonyl (C=O) groups excluding carboxylic acids is 1. The van der Waals surface area contributed by atoms with Crippen molar-refractivity contribution in [1.29, 1.82) is 0 Å². The summed E-state index contributed by atoms with van der Waals surface area (Å²) in [5, 5.41) is 0. The highest BCUT2D eigenvalue weighted by atomic mass is 16.5. The van der Waals surface area contributed by atoms with Crippen LogP contribution in [0.4, 0.5) is 0 Å². The van der Waals surface area contributed by atoms with Gasteiger partial charge in [-0.3, -0.25) is 4.79 Å². The molecule has 0 saturated heterocycles. The molecule has 1 aliphatic rings. The largest absolute Gasteiger partial charge is 0.493 e. The monoisotopic (exact) mass is 254 g/mol. The van der Waals surface area contributed by atoms with E-state index in [1.807, 2.05) is 30.3 Å². The lowest BCUT2D eigenvalue weighted by molar-refractivity contribution is -0.131. The zero-order valence-electron chi connectivity index (χ0n) is 10.5. The number of hydrogen-bond acceptors (Lipinski definition) is 3. The highest BCUT2D eigenvalue weighted by Gasteiger charge is 2.20. The molecule has 0 radical (unpaired) electrons. The van der Waals surface area contributed by atoms with E-state index in [4.69, 9.17) is 9.47 Å². The third-order valence-electron chi connectivity index (χ3n) is 3.10. The van der Waals surface area contributed by atoms with E-state index >= 15 is 0 Å². The van der Waals surface area contributed by atoms with Gasteiger partial charge in [-0.1, -0.05) is 36.4 Å². The zero-order valence-corrected chi connectivity index (χ0v) is 10.5. The standard InChI is InChI=1S/C16H14O3/c17-16-10-13-6-7-14(11-15(13)19-16)18-9-8-12-4-2-1-3-5-12/h1-7,11H,8-10H2. The summed E-state index contributed by atoms with van der Waals surface area (Å²) in [5.74, 6) is 1.17. The van der Waals surface area contributed by atoms with Gasteiger partial charge in [0.2, 0.25) is 0 Å². The maximum atomic E-state index is 11.1. The lowest BCUT2D eigenvalue weighted by Gasteiger charge is -2.07. The van der Waals surface area contributed by atoms with Crippen molar-refractivity contribution in [2.24, 2.45) is 0 Å². The summed E-state index contributed by atoms with van der Waals surface area (Å²) < 4.78 is 10.8. The summed E-state index contributed by atoms with van der Waals surface area (Å²) in [6.07, 6.45) is 1.22. The van der Waals surface area contributed by atoms with Crippen molar-refractivity contribution in [3.8, 4) is 11.5 Å². The number of hydrogen-bond donors (Lipinski definition) is 0. The lowest BCUT2D eigenvalue weighted by Crippen LogP contribution is -2.01. The van der Waals surface area contributed by atoms with Gasteiger partial charge >= 0.3 is 5.97 Å². The molecule has 0 fully saturated rings. The molecule has 0 saturated carbocycles. The van der Waals surface area contributed by atoms with E-state index in [1.54, 1.807) is 6.07 Å². The van der Waals surface area contributed by atoms with Gasteiger partial charge in [0.15, 0.2) is 0 Å². The van der Waals surface area contributed by atoms with E-state index in [-0.39, 0.29) is 5.97 Å². The van der Waals surface area contributed by atoms with Crippen molar-refractivity contribution in [1.82, 2.24) is 0 Å². The molecule has 3 nitrogen and oxygen atoms in total. The van der Waals surface area contributed by atoms with Crippen LogP contribution in [0.25, 0.3) is 0 Å². The van der Waals surface area contributed by atoms with Crippen LogP contribution >= 0.6 is 0 Å². The molecule has 19 heavy (non-hydrogen) atoms. The number of rotatable bonds is 4. The Balaban J connectivity index is 1.59. The van der Waals surface area contributed by atoms with Crippen molar-refractivity contribution in [3.63, 3.8) is 0 Å². The Morgan fingerprint density at radius 1 is 1.11 bits per heavy atom. The van der Waals surface area contributed by atoms with Gasteiger partial charge in [-0.05, 0) is 11.6 Å². The molecule has 0 amide bonds. The number of ether oxygens (including phenoxy) is 2. The number of fused-ring (bicyclic) bond motifs is 1. The molecule has 0 bridgehead atoms. The second-order valence-corrected chi connectivity index (χ2v) is 4.50. The van der Waals surface area contributed by atoms with Crippen LogP contribution in [0.3, 0.4) is 0 Å². The Morgan fingerprint density at radius 3 is 2.79 bits per heavy atom. The van der Waals surface area contributed by atoms with Gasteiger partial charge < -0.3 is 9.47 Å². The zero-order chi connectivity index (χ0) is 13.1. The molecule has 1 aliphatic heterocycles. The topological polar surface area (TPSA) is 35.5 Å². The molecule has 0 spiro atoms. The van der Waals surface area contributed by atoms with Crippen molar-refractivity contribution in [2.45, 2.75) is 12.8 Å². The van der Waals surface area contributed by atoms with Crippen molar-refractivity contribution in [2.75, 3.05) is 6.61 Å². The molecule has 0 unspecified atom stereocenters. The average molecular weight is 254 g/mol. The number of carbonyl (C=O) groups is 1. The van der Waals surface area contributed by atoms with Crippen LogP contribution in [-0.4, -0.2) is 12.6 Å². The molecule has 2 aromatic carbocycles. The van der Waals surface area contributed by atoms with E-state index in [2.05, 4.69) is 12.1 Å². The van der Waals surface area contributed by atoms with Crippen LogP contribution in [0.1, 0.15) is 11.1 Å². The van der Waals surface area contributed by atoms with Gasteiger partial charge in [0.1, 0.15) is 11.5 Å². The van der Waals surface area contributed by atoms with Gasteiger partial charge in [0.25, 0.3) is 0 Å². The van der Waals surface area contributed by atoms with Gasteiger partial charge in [-0.25, -0.2) is 0 Å². The molecular formula is C16H14O3. The predicted molar refractivity (Wildman–Crippen MR) is 71.4 cm³/mol. The van der Waals surface area contributed by atoms with E-state index in [9.17, 15) is 4.79 Å². The Kier molecular flexibility index (Phi) is 3.19. The summed E-state index contributed by atoms with van der Waals surface area (Å²) in [5.41, 5.74) is 2.18. The maximum absolute atomic E-state index is 11.1. The second-order valence-electron chi connectivity index (χ2n) is 4.50. The highest BCUT2D eigenvalue weighted by Crippen LogP contribution is 2.30. The first-order valence-corrected chi connectivity index (χ1v) is 6.31. The normalized spacial score (nSPS) is 12.9. The molecule has 0 aromatic heterocycles. The van der Waals surface area contributed by atoms with Crippen LogP contribution < -0.4 is 9.47 Å². The minimum absolute atomic E-state index is 0.198. The van der Waals surface area contributed by atoms with Gasteiger partial charge in [0.05, 0.1) is 13.0 Å². The number of esters is 1. The summed E-state index contributed by atoms with van der Waals surface area (Å²) in [4.78, 5) is 11.1. The Hall–Kier alpha value is -2.29. The van der Waals surface area contributed by atoms with Crippen molar-refractivity contribution < 1.29 is 14.3 Å². The fraction of sp³-hybridized carbons (Fsp3) is 0.188. The molecule has 0 N–H and O–H groups in total. The Labute approximate surface area is 111 Å². The van der Waals surface area contributed by atoms with Crippen molar-refractivity contribution >= 4 is 5.97 Å². The summed E-state index contributed by atoms with van der Waals surface area (Å²) >= 11 is 0. The van der Waals surface area contributed by atoms with Crippen LogP contribution in [0.15, 0.2) is 48.5 Å². The molecule has 3 rings (SSSR count). The second kappa shape index (κ2) is 5.14. The molecule has 2 aromatic rings. The number of benzene rings is 2. The van der Waals surface area contributed by atoms with Gasteiger partial charge in [-0.15, -0.1) is 0 Å². The molecule has 96 valence electrons. The van der Waals surface area contributed by atoms with Crippen molar-refractivity contribution in [3.05, 3.63) is 59.7 Å². The fourth-order valence-electron chi connectivity index (χ4n) is 2.11.